The minimum Gasteiger partial charge on any atom is -0.486 e. The number of carbonyl (C=O) groups is 1. The van der Waals surface area contributed by atoms with Crippen molar-refractivity contribution in [1.82, 2.24) is 20.1 Å². The Kier molecular flexibility index (Phi) is 5.52. The van der Waals surface area contributed by atoms with Crippen LogP contribution in [0.25, 0.3) is 11.4 Å². The zero-order valence-electron chi connectivity index (χ0n) is 15.4. The number of rotatable bonds is 6. The Hall–Kier alpha value is -2.22. The lowest BCUT2D eigenvalue weighted by molar-refractivity contribution is -0.119. The Morgan fingerprint density at radius 1 is 1.22 bits per heavy atom. The average Bonchev–Trinajstić information content (AvgIpc) is 3.35. The molecular formula is C19H24N4O3S. The maximum absolute atomic E-state index is 12.2. The lowest BCUT2D eigenvalue weighted by Crippen LogP contribution is -2.33. The first-order valence-corrected chi connectivity index (χ1v) is 10.5. The zero-order valence-corrected chi connectivity index (χ0v) is 16.3. The highest BCUT2D eigenvalue weighted by Gasteiger charge is 2.20. The second-order valence-corrected chi connectivity index (χ2v) is 7.69. The Morgan fingerprint density at radius 2 is 2.00 bits per heavy atom. The number of aromatic nitrogens is 3. The Balaban J connectivity index is 1.46. The molecule has 1 fully saturated rings. The second kappa shape index (κ2) is 8.21. The van der Waals surface area contributed by atoms with E-state index in [9.17, 15) is 4.79 Å². The van der Waals surface area contributed by atoms with Crippen molar-refractivity contribution in [2.75, 3.05) is 19.0 Å². The lowest BCUT2D eigenvalue weighted by Gasteiger charge is -2.18. The van der Waals surface area contributed by atoms with Gasteiger partial charge in [0, 0.05) is 18.2 Å². The fourth-order valence-corrected chi connectivity index (χ4v) is 4.36. The van der Waals surface area contributed by atoms with Crippen LogP contribution >= 0.6 is 11.8 Å². The van der Waals surface area contributed by atoms with Crippen molar-refractivity contribution in [3.05, 3.63) is 18.2 Å². The van der Waals surface area contributed by atoms with E-state index in [1.807, 2.05) is 29.7 Å². The molecule has 2 aliphatic rings. The number of hydrogen-bond acceptors (Lipinski definition) is 6. The average molecular weight is 388 g/mol. The molecule has 0 spiro atoms. The monoisotopic (exact) mass is 388 g/mol. The predicted octanol–water partition coefficient (Wildman–Crippen LogP) is 2.89. The Bertz CT molecular complexity index is 817. The van der Waals surface area contributed by atoms with Crippen LogP contribution in [0.3, 0.4) is 0 Å². The number of ether oxygens (including phenoxy) is 2. The Morgan fingerprint density at radius 3 is 2.78 bits per heavy atom. The van der Waals surface area contributed by atoms with E-state index in [2.05, 4.69) is 15.5 Å². The molecule has 0 atom stereocenters. The van der Waals surface area contributed by atoms with E-state index >= 15 is 0 Å². The van der Waals surface area contributed by atoms with Gasteiger partial charge in [0.15, 0.2) is 22.5 Å². The third-order valence-corrected chi connectivity index (χ3v) is 5.85. The topological polar surface area (TPSA) is 78.3 Å². The third kappa shape index (κ3) is 4.05. The molecule has 144 valence electrons. The summed E-state index contributed by atoms with van der Waals surface area (Å²) in [5, 5.41) is 12.5. The highest BCUT2D eigenvalue weighted by Crippen LogP contribution is 2.34. The SMILES string of the molecule is CCn1c(SCC(=O)NC2CCCC2)nnc1-c1ccc2c(c1)OCCO2. The molecule has 1 aromatic heterocycles. The van der Waals surface area contributed by atoms with Gasteiger partial charge in [-0.05, 0) is 38.0 Å². The largest absolute Gasteiger partial charge is 0.486 e. The maximum atomic E-state index is 12.2. The molecule has 1 saturated carbocycles. The molecule has 0 bridgehead atoms. The molecule has 4 rings (SSSR count). The molecule has 0 saturated heterocycles. The van der Waals surface area contributed by atoms with E-state index in [4.69, 9.17) is 9.47 Å². The molecule has 1 aliphatic heterocycles. The first-order valence-electron chi connectivity index (χ1n) is 9.50. The van der Waals surface area contributed by atoms with Crippen molar-refractivity contribution >= 4 is 17.7 Å². The number of carbonyl (C=O) groups excluding carboxylic acids is 1. The van der Waals surface area contributed by atoms with E-state index < -0.39 is 0 Å². The van der Waals surface area contributed by atoms with E-state index in [0.717, 1.165) is 47.4 Å². The van der Waals surface area contributed by atoms with Crippen molar-refractivity contribution in [3.8, 4) is 22.9 Å². The molecule has 1 amide bonds. The number of thioether (sulfide) groups is 1. The van der Waals surface area contributed by atoms with Crippen LogP contribution in [0.5, 0.6) is 11.5 Å². The lowest BCUT2D eigenvalue weighted by atomic mass is 10.2. The zero-order chi connectivity index (χ0) is 18.6. The summed E-state index contributed by atoms with van der Waals surface area (Å²) in [7, 11) is 0. The fourth-order valence-electron chi connectivity index (χ4n) is 3.55. The molecule has 1 aromatic carbocycles. The van der Waals surface area contributed by atoms with Crippen LogP contribution in [0.4, 0.5) is 0 Å². The normalized spacial score (nSPS) is 16.5. The molecule has 2 aromatic rings. The van der Waals surface area contributed by atoms with Crippen LogP contribution < -0.4 is 14.8 Å². The van der Waals surface area contributed by atoms with Gasteiger partial charge in [0.1, 0.15) is 13.2 Å². The standard InChI is InChI=1S/C19H24N4O3S/c1-2-23-18(13-7-8-15-16(11-13)26-10-9-25-15)21-22-19(23)27-12-17(24)20-14-5-3-4-6-14/h7-8,11,14H,2-6,9-10,12H2,1H3,(H,20,24). The van der Waals surface area contributed by atoms with Gasteiger partial charge < -0.3 is 19.4 Å². The van der Waals surface area contributed by atoms with Gasteiger partial charge in [-0.2, -0.15) is 0 Å². The van der Waals surface area contributed by atoms with E-state index in [1.54, 1.807) is 0 Å². The smallest absolute Gasteiger partial charge is 0.230 e. The molecule has 1 aliphatic carbocycles. The summed E-state index contributed by atoms with van der Waals surface area (Å²) in [6, 6.07) is 6.15. The van der Waals surface area contributed by atoms with Gasteiger partial charge in [-0.1, -0.05) is 24.6 Å². The molecular weight excluding hydrogens is 364 g/mol. The first-order chi connectivity index (χ1) is 13.2. The van der Waals surface area contributed by atoms with Crippen molar-refractivity contribution in [2.45, 2.75) is 50.4 Å². The summed E-state index contributed by atoms with van der Waals surface area (Å²) in [6.45, 7) is 3.90. The number of hydrogen-bond donors (Lipinski definition) is 1. The number of nitrogens with one attached hydrogen (secondary N) is 1. The highest BCUT2D eigenvalue weighted by molar-refractivity contribution is 7.99. The molecule has 1 N–H and O–H groups in total. The number of nitrogens with zero attached hydrogens (tertiary/aromatic N) is 3. The van der Waals surface area contributed by atoms with Crippen LogP contribution in [0.2, 0.25) is 0 Å². The van der Waals surface area contributed by atoms with Crippen molar-refractivity contribution in [3.63, 3.8) is 0 Å². The molecule has 27 heavy (non-hydrogen) atoms. The maximum Gasteiger partial charge on any atom is 0.230 e. The van der Waals surface area contributed by atoms with Crippen LogP contribution in [0.1, 0.15) is 32.6 Å². The van der Waals surface area contributed by atoms with Crippen LogP contribution in [0, 0.1) is 0 Å². The quantitative estimate of drug-likeness (QED) is 0.767. The van der Waals surface area contributed by atoms with Crippen molar-refractivity contribution in [1.29, 1.82) is 0 Å². The molecule has 7 nitrogen and oxygen atoms in total. The summed E-state index contributed by atoms with van der Waals surface area (Å²) in [6.07, 6.45) is 4.61. The highest BCUT2D eigenvalue weighted by atomic mass is 32.2. The summed E-state index contributed by atoms with van der Waals surface area (Å²) in [4.78, 5) is 12.2. The fraction of sp³-hybridized carbons (Fsp3) is 0.526. The van der Waals surface area contributed by atoms with Crippen molar-refractivity contribution < 1.29 is 14.3 Å². The summed E-state index contributed by atoms with van der Waals surface area (Å²) >= 11 is 1.43. The van der Waals surface area contributed by atoms with Gasteiger partial charge in [-0.15, -0.1) is 10.2 Å². The van der Waals surface area contributed by atoms with Gasteiger partial charge in [0.25, 0.3) is 0 Å². The Labute approximate surface area is 162 Å². The van der Waals surface area contributed by atoms with Gasteiger partial charge in [-0.3, -0.25) is 4.79 Å². The van der Waals surface area contributed by atoms with Gasteiger partial charge >= 0.3 is 0 Å². The van der Waals surface area contributed by atoms with Crippen LogP contribution in [0.15, 0.2) is 23.4 Å². The first kappa shape index (κ1) is 18.2. The third-order valence-electron chi connectivity index (χ3n) is 4.89. The number of benzene rings is 1. The van der Waals surface area contributed by atoms with Crippen LogP contribution in [-0.4, -0.2) is 45.7 Å². The number of fused-ring (bicyclic) bond motifs is 1. The summed E-state index contributed by atoms with van der Waals surface area (Å²) < 4.78 is 13.3. The summed E-state index contributed by atoms with van der Waals surface area (Å²) in [5.41, 5.74) is 0.927. The van der Waals surface area contributed by atoms with E-state index in [0.29, 0.717) is 25.0 Å². The molecule has 8 heteroatoms. The van der Waals surface area contributed by atoms with Gasteiger partial charge in [0.05, 0.1) is 5.75 Å². The minimum atomic E-state index is 0.0680. The molecule has 0 unspecified atom stereocenters. The van der Waals surface area contributed by atoms with E-state index in [1.165, 1.54) is 24.6 Å². The van der Waals surface area contributed by atoms with E-state index in [-0.39, 0.29) is 5.91 Å². The van der Waals surface area contributed by atoms with Gasteiger partial charge in [0.2, 0.25) is 5.91 Å². The number of amides is 1. The van der Waals surface area contributed by atoms with Crippen molar-refractivity contribution in [2.24, 2.45) is 0 Å². The minimum absolute atomic E-state index is 0.0680. The van der Waals surface area contributed by atoms with Crippen LogP contribution in [-0.2, 0) is 11.3 Å². The van der Waals surface area contributed by atoms with Gasteiger partial charge in [-0.25, -0.2) is 0 Å². The predicted molar refractivity (Wildman–Crippen MR) is 103 cm³/mol. The molecule has 2 heterocycles. The summed E-state index contributed by atoms with van der Waals surface area (Å²) in [5.74, 6) is 2.68. The second-order valence-electron chi connectivity index (χ2n) is 6.75. The molecule has 0 radical (unpaired) electrons.